The number of aryl methyl sites for hydroxylation is 2. The Morgan fingerprint density at radius 1 is 1.41 bits per heavy atom. The average Bonchev–Trinajstić information content (AvgIpc) is 2.85. The number of carbonyl (C=O) groups is 2. The van der Waals surface area contributed by atoms with E-state index in [0.717, 1.165) is 50.0 Å². The van der Waals surface area contributed by atoms with E-state index in [4.69, 9.17) is 0 Å². The number of rotatable bonds is 5. The quantitative estimate of drug-likeness (QED) is 0.820. The molecule has 1 saturated heterocycles. The molecule has 0 bridgehead atoms. The Balaban J connectivity index is 1.96. The fraction of sp³-hybridized carbons (Fsp3) is 0.647. The van der Waals surface area contributed by atoms with Crippen molar-refractivity contribution in [1.29, 1.82) is 0 Å². The zero-order valence-electron chi connectivity index (χ0n) is 13.9. The number of unbranched alkanes of at least 4 members (excludes halogenated alkanes) is 1. The second-order valence-electron chi connectivity index (χ2n) is 6.25. The van der Waals surface area contributed by atoms with Crippen molar-refractivity contribution in [3.63, 3.8) is 0 Å². The molecule has 1 aromatic heterocycles. The Labute approximate surface area is 132 Å². The van der Waals surface area contributed by atoms with Gasteiger partial charge in [-0.3, -0.25) is 9.59 Å². The van der Waals surface area contributed by atoms with E-state index in [2.05, 4.69) is 17.2 Å². The van der Waals surface area contributed by atoms with Gasteiger partial charge in [0.2, 0.25) is 5.91 Å². The van der Waals surface area contributed by atoms with Crippen LogP contribution in [0.4, 0.5) is 0 Å². The lowest BCUT2D eigenvalue weighted by Crippen LogP contribution is -2.45. The van der Waals surface area contributed by atoms with Crippen LogP contribution in [0.25, 0.3) is 0 Å². The van der Waals surface area contributed by atoms with Crippen LogP contribution in [-0.2, 0) is 4.79 Å². The van der Waals surface area contributed by atoms with Crippen LogP contribution in [-0.4, -0.2) is 41.3 Å². The van der Waals surface area contributed by atoms with Crippen molar-refractivity contribution in [3.8, 4) is 0 Å². The van der Waals surface area contributed by atoms with Crippen LogP contribution in [0.1, 0.15) is 54.4 Å². The summed E-state index contributed by atoms with van der Waals surface area (Å²) < 4.78 is 0. The van der Waals surface area contributed by atoms with Crippen molar-refractivity contribution in [2.75, 3.05) is 19.6 Å². The van der Waals surface area contributed by atoms with E-state index in [0.29, 0.717) is 12.2 Å². The number of piperidine rings is 1. The molecule has 2 rings (SSSR count). The molecule has 0 aromatic carbocycles. The predicted octanol–water partition coefficient (Wildman–Crippen LogP) is 2.40. The number of likely N-dealkylation sites (tertiary alicyclic amines) is 1. The van der Waals surface area contributed by atoms with Crippen molar-refractivity contribution in [2.45, 2.75) is 46.5 Å². The number of hydrogen-bond donors (Lipinski definition) is 2. The van der Waals surface area contributed by atoms with Gasteiger partial charge in [0.05, 0.1) is 5.92 Å². The number of nitrogens with one attached hydrogen (secondary N) is 2. The van der Waals surface area contributed by atoms with E-state index in [9.17, 15) is 9.59 Å². The summed E-state index contributed by atoms with van der Waals surface area (Å²) in [6.07, 6.45) is 3.82. The largest absolute Gasteiger partial charge is 0.356 e. The second kappa shape index (κ2) is 7.47. The normalized spacial score (nSPS) is 18.3. The van der Waals surface area contributed by atoms with Crippen LogP contribution in [0.2, 0.25) is 0 Å². The van der Waals surface area contributed by atoms with Gasteiger partial charge in [-0.2, -0.15) is 0 Å². The molecule has 1 fully saturated rings. The van der Waals surface area contributed by atoms with Gasteiger partial charge in [0, 0.05) is 25.3 Å². The molecule has 2 amide bonds. The summed E-state index contributed by atoms with van der Waals surface area (Å²) in [6.45, 7) is 7.98. The Bertz CT molecular complexity index is 536. The highest BCUT2D eigenvalue weighted by molar-refractivity contribution is 5.94. The van der Waals surface area contributed by atoms with Crippen molar-refractivity contribution < 1.29 is 9.59 Å². The molecule has 1 aliphatic rings. The third-order valence-corrected chi connectivity index (χ3v) is 4.27. The first-order chi connectivity index (χ1) is 10.5. The van der Waals surface area contributed by atoms with Crippen molar-refractivity contribution in [1.82, 2.24) is 15.2 Å². The molecule has 5 heteroatoms. The van der Waals surface area contributed by atoms with E-state index in [1.54, 1.807) is 0 Å². The molecule has 1 atom stereocenters. The average molecular weight is 305 g/mol. The van der Waals surface area contributed by atoms with Crippen molar-refractivity contribution >= 4 is 11.8 Å². The third-order valence-electron chi connectivity index (χ3n) is 4.27. The SMILES string of the molecule is CCCCNC(=O)C1CCCN(C(=O)c2[nH]c(C)cc2C)C1. The number of nitrogens with zero attached hydrogens (tertiary/aromatic N) is 1. The molecule has 1 aromatic rings. The van der Waals surface area contributed by atoms with Gasteiger partial charge in [-0.25, -0.2) is 0 Å². The molecule has 5 nitrogen and oxygen atoms in total. The van der Waals surface area contributed by atoms with Crippen LogP contribution >= 0.6 is 0 Å². The molecule has 2 N–H and O–H groups in total. The van der Waals surface area contributed by atoms with Gasteiger partial charge in [0.15, 0.2) is 0 Å². The molecule has 22 heavy (non-hydrogen) atoms. The first-order valence-corrected chi connectivity index (χ1v) is 8.26. The Morgan fingerprint density at radius 2 is 2.18 bits per heavy atom. The van der Waals surface area contributed by atoms with E-state index in [1.807, 2.05) is 24.8 Å². The monoisotopic (exact) mass is 305 g/mol. The van der Waals surface area contributed by atoms with E-state index in [-0.39, 0.29) is 17.7 Å². The number of carbonyl (C=O) groups excluding carboxylic acids is 2. The fourth-order valence-corrected chi connectivity index (χ4v) is 3.02. The minimum atomic E-state index is -0.0779. The second-order valence-corrected chi connectivity index (χ2v) is 6.25. The first-order valence-electron chi connectivity index (χ1n) is 8.26. The maximum absolute atomic E-state index is 12.6. The number of hydrogen-bond acceptors (Lipinski definition) is 2. The van der Waals surface area contributed by atoms with Crippen LogP contribution < -0.4 is 5.32 Å². The van der Waals surface area contributed by atoms with Crippen LogP contribution in [0.5, 0.6) is 0 Å². The number of amides is 2. The van der Waals surface area contributed by atoms with Gasteiger partial charge in [0.25, 0.3) is 5.91 Å². The molecular weight excluding hydrogens is 278 g/mol. The molecule has 1 aliphatic heterocycles. The minimum absolute atomic E-state index is 0.0108. The molecule has 2 heterocycles. The summed E-state index contributed by atoms with van der Waals surface area (Å²) in [6, 6.07) is 1.98. The molecule has 0 radical (unpaired) electrons. The maximum Gasteiger partial charge on any atom is 0.270 e. The maximum atomic E-state index is 12.6. The Morgan fingerprint density at radius 3 is 2.82 bits per heavy atom. The number of H-pyrrole nitrogens is 1. The molecular formula is C17H27N3O2. The summed E-state index contributed by atoms with van der Waals surface area (Å²) in [4.78, 5) is 29.8. The molecule has 0 aliphatic carbocycles. The van der Waals surface area contributed by atoms with Crippen molar-refractivity contribution in [3.05, 3.63) is 23.0 Å². The van der Waals surface area contributed by atoms with Crippen LogP contribution in [0.3, 0.4) is 0 Å². The van der Waals surface area contributed by atoms with Crippen LogP contribution in [0.15, 0.2) is 6.07 Å². The zero-order chi connectivity index (χ0) is 16.1. The van der Waals surface area contributed by atoms with E-state index < -0.39 is 0 Å². The molecule has 1 unspecified atom stereocenters. The summed E-state index contributed by atoms with van der Waals surface area (Å²) >= 11 is 0. The predicted molar refractivity (Wildman–Crippen MR) is 86.8 cm³/mol. The number of aromatic amines is 1. The van der Waals surface area contributed by atoms with Crippen LogP contribution in [0, 0.1) is 19.8 Å². The highest BCUT2D eigenvalue weighted by Crippen LogP contribution is 2.20. The van der Waals surface area contributed by atoms with Gasteiger partial charge < -0.3 is 15.2 Å². The summed E-state index contributed by atoms with van der Waals surface area (Å²) in [5.74, 6) is 0.0212. The lowest BCUT2D eigenvalue weighted by atomic mass is 9.96. The summed E-state index contributed by atoms with van der Waals surface area (Å²) in [5, 5.41) is 2.98. The van der Waals surface area contributed by atoms with Gasteiger partial charge in [-0.05, 0) is 44.7 Å². The smallest absolute Gasteiger partial charge is 0.270 e. The lowest BCUT2D eigenvalue weighted by molar-refractivity contribution is -0.126. The van der Waals surface area contributed by atoms with E-state index >= 15 is 0 Å². The summed E-state index contributed by atoms with van der Waals surface area (Å²) in [7, 11) is 0. The number of aromatic nitrogens is 1. The van der Waals surface area contributed by atoms with Gasteiger partial charge in [-0.1, -0.05) is 13.3 Å². The van der Waals surface area contributed by atoms with Gasteiger partial charge in [0.1, 0.15) is 5.69 Å². The summed E-state index contributed by atoms with van der Waals surface area (Å²) in [5.41, 5.74) is 2.62. The van der Waals surface area contributed by atoms with Gasteiger partial charge in [-0.15, -0.1) is 0 Å². The highest BCUT2D eigenvalue weighted by Gasteiger charge is 2.29. The third kappa shape index (κ3) is 3.90. The standard InChI is InChI=1S/C17H27N3O2/c1-4-5-8-18-16(21)14-7-6-9-20(11-14)17(22)15-12(2)10-13(3)19-15/h10,14,19H,4-9,11H2,1-3H3,(H,18,21). The highest BCUT2D eigenvalue weighted by atomic mass is 16.2. The molecule has 0 saturated carbocycles. The zero-order valence-corrected chi connectivity index (χ0v) is 13.9. The Kier molecular flexibility index (Phi) is 5.63. The van der Waals surface area contributed by atoms with Crippen molar-refractivity contribution in [2.24, 2.45) is 5.92 Å². The molecule has 122 valence electrons. The minimum Gasteiger partial charge on any atom is -0.356 e. The van der Waals surface area contributed by atoms with Gasteiger partial charge >= 0.3 is 0 Å². The van der Waals surface area contributed by atoms with E-state index in [1.165, 1.54) is 0 Å². The lowest BCUT2D eigenvalue weighted by Gasteiger charge is -2.32. The fourth-order valence-electron chi connectivity index (χ4n) is 3.02. The topological polar surface area (TPSA) is 65.2 Å². The first kappa shape index (κ1) is 16.6. The molecule has 0 spiro atoms. The Hall–Kier alpha value is -1.78.